The fourth-order valence-electron chi connectivity index (χ4n) is 3.67. The zero-order valence-corrected chi connectivity index (χ0v) is 21.9. The topological polar surface area (TPSA) is 57.2 Å². The Labute approximate surface area is 220 Å². The lowest BCUT2D eigenvalue weighted by molar-refractivity contribution is -0.113. The highest BCUT2D eigenvalue weighted by molar-refractivity contribution is 9.10. The molecular formula is C26H20BrNO5S2. The second kappa shape index (κ2) is 10.3. The second-order valence-electron chi connectivity index (χ2n) is 7.59. The number of thioether (sulfide) groups is 1. The molecule has 0 aromatic heterocycles. The maximum Gasteiger partial charge on any atom is 0.270 e. The number of anilines is 1. The van der Waals surface area contributed by atoms with Crippen molar-refractivity contribution in [2.75, 3.05) is 18.3 Å². The van der Waals surface area contributed by atoms with Crippen molar-refractivity contribution in [3.05, 3.63) is 81.2 Å². The Morgan fingerprint density at radius 2 is 1.89 bits per heavy atom. The number of amides is 1. The molecule has 0 aliphatic carbocycles. The lowest BCUT2D eigenvalue weighted by atomic mass is 10.1. The molecule has 2 aliphatic rings. The van der Waals surface area contributed by atoms with Crippen molar-refractivity contribution in [2.45, 2.75) is 13.5 Å². The van der Waals surface area contributed by atoms with E-state index >= 15 is 0 Å². The van der Waals surface area contributed by atoms with Crippen molar-refractivity contribution in [3.8, 4) is 23.0 Å². The smallest absolute Gasteiger partial charge is 0.270 e. The van der Waals surface area contributed by atoms with Gasteiger partial charge in [-0.25, -0.2) is 0 Å². The Morgan fingerprint density at radius 1 is 1.09 bits per heavy atom. The van der Waals surface area contributed by atoms with E-state index in [0.717, 1.165) is 15.6 Å². The lowest BCUT2D eigenvalue weighted by Gasteiger charge is -2.15. The molecule has 0 atom stereocenters. The Kier molecular flexibility index (Phi) is 6.99. The molecule has 6 nitrogen and oxygen atoms in total. The molecule has 178 valence electrons. The number of hydrogen-bond donors (Lipinski definition) is 0. The van der Waals surface area contributed by atoms with Crippen molar-refractivity contribution in [3.63, 3.8) is 0 Å². The van der Waals surface area contributed by atoms with Gasteiger partial charge in [0.25, 0.3) is 5.91 Å². The van der Waals surface area contributed by atoms with Gasteiger partial charge in [-0.2, -0.15) is 0 Å². The molecule has 1 saturated heterocycles. The van der Waals surface area contributed by atoms with Crippen LogP contribution in [-0.2, 0) is 11.4 Å². The van der Waals surface area contributed by atoms with Crippen molar-refractivity contribution in [1.82, 2.24) is 0 Å². The van der Waals surface area contributed by atoms with Crippen molar-refractivity contribution >= 4 is 61.9 Å². The van der Waals surface area contributed by atoms with Crippen molar-refractivity contribution in [2.24, 2.45) is 0 Å². The SMILES string of the molecule is CCOc1cc(/C=C2/SC(=S)N(c3ccc4c(c3)OCO4)C2=O)cc(Br)c1OCc1ccccc1. The molecule has 0 spiro atoms. The van der Waals surface area contributed by atoms with E-state index in [2.05, 4.69) is 15.9 Å². The highest BCUT2D eigenvalue weighted by Crippen LogP contribution is 2.42. The highest BCUT2D eigenvalue weighted by atomic mass is 79.9. The molecule has 1 fully saturated rings. The van der Waals surface area contributed by atoms with E-state index in [4.69, 9.17) is 31.2 Å². The summed E-state index contributed by atoms with van der Waals surface area (Å²) >= 11 is 10.4. The van der Waals surface area contributed by atoms with Crippen LogP contribution >= 0.6 is 39.9 Å². The molecule has 1 amide bonds. The number of carbonyl (C=O) groups is 1. The third kappa shape index (κ3) is 5.03. The van der Waals surface area contributed by atoms with Crippen LogP contribution < -0.4 is 23.8 Å². The predicted molar refractivity (Wildman–Crippen MR) is 144 cm³/mol. The van der Waals surface area contributed by atoms with Gasteiger partial charge in [-0.15, -0.1) is 0 Å². The van der Waals surface area contributed by atoms with Crippen LogP contribution in [0, 0.1) is 0 Å². The first-order valence-electron chi connectivity index (χ1n) is 10.8. The molecule has 2 heterocycles. The van der Waals surface area contributed by atoms with Gasteiger partial charge in [0.05, 0.1) is 21.7 Å². The van der Waals surface area contributed by atoms with E-state index in [1.54, 1.807) is 24.3 Å². The fraction of sp³-hybridized carbons (Fsp3) is 0.154. The number of hydrogen-bond acceptors (Lipinski definition) is 7. The number of thiocarbonyl (C=S) groups is 1. The maximum atomic E-state index is 13.3. The molecule has 0 N–H and O–H groups in total. The minimum atomic E-state index is -0.197. The average molecular weight is 570 g/mol. The third-order valence-electron chi connectivity index (χ3n) is 5.26. The average Bonchev–Trinajstić information content (AvgIpc) is 3.42. The summed E-state index contributed by atoms with van der Waals surface area (Å²) in [5, 5.41) is 0. The number of benzene rings is 3. The summed E-state index contributed by atoms with van der Waals surface area (Å²) in [6.45, 7) is 2.97. The van der Waals surface area contributed by atoms with E-state index in [9.17, 15) is 4.79 Å². The number of rotatable bonds is 7. The monoisotopic (exact) mass is 569 g/mol. The molecule has 3 aromatic rings. The molecule has 0 bridgehead atoms. The van der Waals surface area contributed by atoms with Crippen LogP contribution in [0.1, 0.15) is 18.1 Å². The van der Waals surface area contributed by atoms with Gasteiger partial charge in [-0.3, -0.25) is 9.69 Å². The summed E-state index contributed by atoms with van der Waals surface area (Å²) < 4.78 is 23.9. The summed E-state index contributed by atoms with van der Waals surface area (Å²) in [6.07, 6.45) is 1.81. The molecule has 2 aliphatic heterocycles. The molecule has 0 unspecified atom stereocenters. The van der Waals surface area contributed by atoms with Crippen molar-refractivity contribution < 1.29 is 23.7 Å². The van der Waals surface area contributed by atoms with Gasteiger partial charge in [0, 0.05) is 6.07 Å². The quantitative estimate of drug-likeness (QED) is 0.236. The first-order valence-corrected chi connectivity index (χ1v) is 12.9. The van der Waals surface area contributed by atoms with Gasteiger partial charge in [0.1, 0.15) is 6.61 Å². The zero-order valence-electron chi connectivity index (χ0n) is 18.7. The van der Waals surface area contributed by atoms with Gasteiger partial charge in [0.15, 0.2) is 27.3 Å². The number of fused-ring (bicyclic) bond motifs is 1. The van der Waals surface area contributed by atoms with E-state index in [1.165, 1.54) is 16.7 Å². The van der Waals surface area contributed by atoms with Gasteiger partial charge in [-0.1, -0.05) is 54.3 Å². The number of halogens is 1. The first kappa shape index (κ1) is 23.7. The Bertz CT molecular complexity index is 1330. The molecule has 35 heavy (non-hydrogen) atoms. The van der Waals surface area contributed by atoms with Crippen LogP contribution in [0.5, 0.6) is 23.0 Å². The lowest BCUT2D eigenvalue weighted by Crippen LogP contribution is -2.27. The summed E-state index contributed by atoms with van der Waals surface area (Å²) in [4.78, 5) is 15.3. The van der Waals surface area contributed by atoms with Crippen LogP contribution in [0.2, 0.25) is 0 Å². The Morgan fingerprint density at radius 3 is 2.69 bits per heavy atom. The fourth-order valence-corrected chi connectivity index (χ4v) is 5.54. The summed E-state index contributed by atoms with van der Waals surface area (Å²) in [6, 6.07) is 19.0. The summed E-state index contributed by atoms with van der Waals surface area (Å²) in [5.74, 6) is 2.25. The second-order valence-corrected chi connectivity index (χ2v) is 10.1. The number of ether oxygens (including phenoxy) is 4. The molecule has 3 aromatic carbocycles. The number of nitrogens with zero attached hydrogens (tertiary/aromatic N) is 1. The minimum absolute atomic E-state index is 0.166. The summed E-state index contributed by atoms with van der Waals surface area (Å²) in [7, 11) is 0. The minimum Gasteiger partial charge on any atom is -0.490 e. The predicted octanol–water partition coefficient (Wildman–Crippen LogP) is 6.56. The highest BCUT2D eigenvalue weighted by Gasteiger charge is 2.34. The maximum absolute atomic E-state index is 13.3. The van der Waals surface area contributed by atoms with E-state index < -0.39 is 0 Å². The van der Waals surface area contributed by atoms with E-state index in [1.807, 2.05) is 49.4 Å². The van der Waals surface area contributed by atoms with Gasteiger partial charge in [0.2, 0.25) is 6.79 Å². The molecule has 9 heteroatoms. The standard InChI is InChI=1S/C26H20BrNO5S2/c1-2-30-22-11-17(10-19(27)24(22)31-14-16-6-4-3-5-7-16)12-23-25(29)28(26(34)35-23)18-8-9-20-21(13-18)33-15-32-20/h3-13H,2,14-15H2,1H3/b23-12+. The van der Waals surface area contributed by atoms with Crippen LogP contribution in [0.25, 0.3) is 6.08 Å². The number of carbonyl (C=O) groups excluding carboxylic acids is 1. The summed E-state index contributed by atoms with van der Waals surface area (Å²) in [5.41, 5.74) is 2.48. The zero-order chi connectivity index (χ0) is 24.4. The van der Waals surface area contributed by atoms with Crippen LogP contribution in [0.4, 0.5) is 5.69 Å². The Hall–Kier alpha value is -3.01. The van der Waals surface area contributed by atoms with Gasteiger partial charge in [-0.05, 0) is 64.3 Å². The van der Waals surface area contributed by atoms with Gasteiger partial charge >= 0.3 is 0 Å². The Balaban J connectivity index is 1.40. The molecule has 0 saturated carbocycles. The largest absolute Gasteiger partial charge is 0.490 e. The third-order valence-corrected chi connectivity index (χ3v) is 7.15. The van der Waals surface area contributed by atoms with Gasteiger partial charge < -0.3 is 18.9 Å². The van der Waals surface area contributed by atoms with Crippen LogP contribution in [0.3, 0.4) is 0 Å². The van der Waals surface area contributed by atoms with E-state index in [-0.39, 0.29) is 12.7 Å². The van der Waals surface area contributed by atoms with Crippen molar-refractivity contribution in [1.29, 1.82) is 0 Å². The molecule has 0 radical (unpaired) electrons. The van der Waals surface area contributed by atoms with Crippen LogP contribution in [-0.4, -0.2) is 23.6 Å². The molecular weight excluding hydrogens is 550 g/mol. The van der Waals surface area contributed by atoms with Crippen LogP contribution in [0.15, 0.2) is 70.0 Å². The first-order chi connectivity index (χ1) is 17.0. The normalized spacial score (nSPS) is 15.7. The molecule has 5 rings (SSSR count). The van der Waals surface area contributed by atoms with E-state index in [0.29, 0.717) is 51.1 Å².